The SMILES string of the molecule is Cc1cc(C(C)Nc2ncc(Cl)cc2[N+](=O)[O-])c(C)s1. The van der Waals surface area contributed by atoms with E-state index in [-0.39, 0.29) is 22.6 Å². The van der Waals surface area contributed by atoms with Crippen molar-refractivity contribution in [3.05, 3.63) is 48.8 Å². The van der Waals surface area contributed by atoms with Crippen LogP contribution in [0, 0.1) is 24.0 Å². The molecule has 0 aliphatic carbocycles. The molecule has 20 heavy (non-hydrogen) atoms. The summed E-state index contributed by atoms with van der Waals surface area (Å²) < 4.78 is 0. The molecular formula is C13H14ClN3O2S. The van der Waals surface area contributed by atoms with Crippen molar-refractivity contribution in [2.45, 2.75) is 26.8 Å². The van der Waals surface area contributed by atoms with E-state index in [1.165, 1.54) is 22.0 Å². The van der Waals surface area contributed by atoms with Crippen LogP contribution in [-0.4, -0.2) is 9.91 Å². The van der Waals surface area contributed by atoms with E-state index < -0.39 is 4.92 Å². The standard InChI is InChI=1S/C13H14ClN3O2S/c1-7-4-11(9(3)20-7)8(2)16-13-12(17(18)19)5-10(14)6-15-13/h4-6,8H,1-3H3,(H,15,16). The first-order valence-corrected chi connectivity index (χ1v) is 7.21. The number of nitrogens with one attached hydrogen (secondary N) is 1. The molecule has 1 unspecified atom stereocenters. The minimum Gasteiger partial charge on any atom is -0.358 e. The fraction of sp³-hybridized carbons (Fsp3) is 0.308. The van der Waals surface area contributed by atoms with Crippen molar-refractivity contribution in [2.75, 3.05) is 5.32 Å². The molecule has 0 aliphatic heterocycles. The molecule has 0 radical (unpaired) electrons. The van der Waals surface area contributed by atoms with E-state index >= 15 is 0 Å². The lowest BCUT2D eigenvalue weighted by Crippen LogP contribution is -2.10. The molecule has 0 spiro atoms. The van der Waals surface area contributed by atoms with Crippen molar-refractivity contribution in [2.24, 2.45) is 0 Å². The largest absolute Gasteiger partial charge is 0.358 e. The Morgan fingerprint density at radius 3 is 2.70 bits per heavy atom. The Labute approximate surface area is 125 Å². The lowest BCUT2D eigenvalue weighted by Gasteiger charge is -2.14. The number of hydrogen-bond donors (Lipinski definition) is 1. The Kier molecular flexibility index (Phi) is 4.25. The van der Waals surface area contributed by atoms with Crippen molar-refractivity contribution >= 4 is 34.4 Å². The second kappa shape index (κ2) is 5.76. The first-order valence-electron chi connectivity index (χ1n) is 6.02. The average molecular weight is 312 g/mol. The third-order valence-corrected chi connectivity index (χ3v) is 4.12. The van der Waals surface area contributed by atoms with Gasteiger partial charge >= 0.3 is 5.69 Å². The Morgan fingerprint density at radius 1 is 1.45 bits per heavy atom. The van der Waals surface area contributed by atoms with Crippen LogP contribution in [0.5, 0.6) is 0 Å². The highest BCUT2D eigenvalue weighted by Gasteiger charge is 2.19. The van der Waals surface area contributed by atoms with E-state index in [1.54, 1.807) is 11.3 Å². The first kappa shape index (κ1) is 14.7. The lowest BCUT2D eigenvalue weighted by molar-refractivity contribution is -0.384. The number of hydrogen-bond acceptors (Lipinski definition) is 5. The van der Waals surface area contributed by atoms with Gasteiger partial charge in [-0.25, -0.2) is 4.98 Å². The van der Waals surface area contributed by atoms with E-state index in [4.69, 9.17) is 11.6 Å². The van der Waals surface area contributed by atoms with Crippen LogP contribution in [0.15, 0.2) is 18.3 Å². The maximum Gasteiger partial charge on any atom is 0.312 e. The number of rotatable bonds is 4. The molecule has 0 aliphatic rings. The summed E-state index contributed by atoms with van der Waals surface area (Å²) in [6.45, 7) is 6.03. The van der Waals surface area contributed by atoms with Crippen molar-refractivity contribution in [3.63, 3.8) is 0 Å². The smallest absolute Gasteiger partial charge is 0.312 e. The van der Waals surface area contributed by atoms with Gasteiger partial charge in [0, 0.05) is 22.0 Å². The summed E-state index contributed by atoms with van der Waals surface area (Å²) in [5.41, 5.74) is 1.01. The van der Waals surface area contributed by atoms with E-state index in [0.717, 1.165) is 5.56 Å². The average Bonchev–Trinajstić information content (AvgIpc) is 2.70. The summed E-state index contributed by atoms with van der Waals surface area (Å²) in [6, 6.07) is 3.32. The summed E-state index contributed by atoms with van der Waals surface area (Å²) >= 11 is 7.46. The van der Waals surface area contributed by atoms with Gasteiger partial charge in [-0.05, 0) is 32.4 Å². The van der Waals surface area contributed by atoms with Crippen LogP contribution < -0.4 is 5.32 Å². The predicted molar refractivity (Wildman–Crippen MR) is 81.7 cm³/mol. The highest BCUT2D eigenvalue weighted by atomic mass is 35.5. The molecule has 0 saturated heterocycles. The molecule has 0 aromatic carbocycles. The number of anilines is 1. The molecule has 1 atom stereocenters. The Balaban J connectivity index is 2.30. The first-order chi connectivity index (χ1) is 9.38. The monoisotopic (exact) mass is 311 g/mol. The molecule has 7 heteroatoms. The van der Waals surface area contributed by atoms with Crippen molar-refractivity contribution in [3.8, 4) is 0 Å². The highest BCUT2D eigenvalue weighted by molar-refractivity contribution is 7.12. The summed E-state index contributed by atoms with van der Waals surface area (Å²) in [5.74, 6) is 0.232. The number of aromatic nitrogens is 1. The van der Waals surface area contributed by atoms with Gasteiger partial charge in [0.1, 0.15) is 0 Å². The number of thiophene rings is 1. The van der Waals surface area contributed by atoms with Gasteiger partial charge in [0.15, 0.2) is 0 Å². The molecule has 106 valence electrons. The minimum absolute atomic E-state index is 0.0627. The summed E-state index contributed by atoms with van der Waals surface area (Å²) in [7, 11) is 0. The van der Waals surface area contributed by atoms with Gasteiger partial charge in [-0.15, -0.1) is 11.3 Å². The molecule has 2 aromatic rings. The molecule has 0 bridgehead atoms. The third-order valence-electron chi connectivity index (χ3n) is 2.93. The van der Waals surface area contributed by atoms with E-state index in [1.807, 2.05) is 20.8 Å². The van der Waals surface area contributed by atoms with Gasteiger partial charge in [0.05, 0.1) is 16.0 Å². The zero-order valence-corrected chi connectivity index (χ0v) is 12.9. The molecule has 1 N–H and O–H groups in total. The van der Waals surface area contributed by atoms with Crippen LogP contribution in [-0.2, 0) is 0 Å². The van der Waals surface area contributed by atoms with Gasteiger partial charge in [-0.2, -0.15) is 0 Å². The fourth-order valence-electron chi connectivity index (χ4n) is 2.04. The molecule has 2 aromatic heterocycles. The van der Waals surface area contributed by atoms with Crippen molar-refractivity contribution in [1.29, 1.82) is 0 Å². The lowest BCUT2D eigenvalue weighted by atomic mass is 10.1. The summed E-state index contributed by atoms with van der Waals surface area (Å²) in [5, 5.41) is 14.4. The maximum absolute atomic E-state index is 11.0. The quantitative estimate of drug-likeness (QED) is 0.667. The molecular weight excluding hydrogens is 298 g/mol. The second-order valence-corrected chi connectivity index (χ2v) is 6.41. The number of pyridine rings is 1. The van der Waals surface area contributed by atoms with Crippen LogP contribution in [0.2, 0.25) is 5.02 Å². The van der Waals surface area contributed by atoms with Crippen LogP contribution >= 0.6 is 22.9 Å². The number of nitrogens with zero attached hydrogens (tertiary/aromatic N) is 2. The number of halogens is 1. The third kappa shape index (κ3) is 3.08. The van der Waals surface area contributed by atoms with Crippen molar-refractivity contribution < 1.29 is 4.92 Å². The van der Waals surface area contributed by atoms with Gasteiger partial charge in [0.25, 0.3) is 0 Å². The molecule has 5 nitrogen and oxygen atoms in total. The van der Waals surface area contributed by atoms with Crippen LogP contribution in [0.4, 0.5) is 11.5 Å². The maximum atomic E-state index is 11.0. The molecule has 2 heterocycles. The molecule has 0 saturated carbocycles. The van der Waals surface area contributed by atoms with Gasteiger partial charge in [0.2, 0.25) is 5.82 Å². The topological polar surface area (TPSA) is 68.1 Å². The fourth-order valence-corrected chi connectivity index (χ4v) is 3.22. The highest BCUT2D eigenvalue weighted by Crippen LogP contribution is 2.31. The van der Waals surface area contributed by atoms with Crippen molar-refractivity contribution in [1.82, 2.24) is 4.98 Å². The summed E-state index contributed by atoms with van der Waals surface area (Å²) in [4.78, 5) is 17.0. The minimum atomic E-state index is -0.486. The van der Waals surface area contributed by atoms with Crippen LogP contribution in [0.3, 0.4) is 0 Å². The Morgan fingerprint density at radius 2 is 2.15 bits per heavy atom. The van der Waals surface area contributed by atoms with E-state index in [0.29, 0.717) is 0 Å². The van der Waals surface area contributed by atoms with Gasteiger partial charge in [-0.1, -0.05) is 11.6 Å². The Hall–Kier alpha value is -1.66. The van der Waals surface area contributed by atoms with Gasteiger partial charge in [-0.3, -0.25) is 10.1 Å². The van der Waals surface area contributed by atoms with Gasteiger partial charge < -0.3 is 5.32 Å². The second-order valence-electron chi connectivity index (χ2n) is 4.51. The molecule has 0 amide bonds. The molecule has 2 rings (SSSR count). The van der Waals surface area contributed by atoms with E-state index in [2.05, 4.69) is 16.4 Å². The zero-order valence-electron chi connectivity index (χ0n) is 11.3. The molecule has 0 fully saturated rings. The summed E-state index contributed by atoms with van der Waals surface area (Å²) in [6.07, 6.45) is 1.40. The van der Waals surface area contributed by atoms with Crippen LogP contribution in [0.25, 0.3) is 0 Å². The van der Waals surface area contributed by atoms with Crippen LogP contribution in [0.1, 0.15) is 28.3 Å². The number of nitro groups is 1. The normalized spacial score (nSPS) is 12.2. The number of aryl methyl sites for hydroxylation is 2. The predicted octanol–water partition coefficient (Wildman–Crippen LogP) is 4.49. The zero-order chi connectivity index (χ0) is 14.9. The Bertz CT molecular complexity index is 657. The van der Waals surface area contributed by atoms with E-state index in [9.17, 15) is 10.1 Å².